The molecule has 3 rings (SSSR count). The van der Waals surface area contributed by atoms with Crippen LogP contribution in [0.15, 0.2) is 35.5 Å². The lowest BCUT2D eigenvalue weighted by Gasteiger charge is -2.15. The van der Waals surface area contributed by atoms with Crippen molar-refractivity contribution >= 4 is 64.7 Å². The molecule has 7 nitrogen and oxygen atoms in total. The molecule has 3 N–H and O–H groups in total. The zero-order valence-electron chi connectivity index (χ0n) is 18.2. The lowest BCUT2D eigenvalue weighted by atomic mass is 10.0. The van der Waals surface area contributed by atoms with Crippen LogP contribution in [0.3, 0.4) is 0 Å². The minimum absolute atomic E-state index is 0.349. The Morgan fingerprint density at radius 1 is 1.19 bits per heavy atom. The highest BCUT2D eigenvalue weighted by Crippen LogP contribution is 2.44. The summed E-state index contributed by atoms with van der Waals surface area (Å²) in [4.78, 5) is 12.9. The minimum atomic E-state index is 0.349. The van der Waals surface area contributed by atoms with Crippen molar-refractivity contribution in [3.8, 4) is 11.5 Å². The Bertz CT molecular complexity index is 1160. The molecule has 2 aromatic carbocycles. The lowest BCUT2D eigenvalue weighted by Crippen LogP contribution is -2.02. The van der Waals surface area contributed by atoms with E-state index in [0.29, 0.717) is 50.1 Å². The molecule has 9 heteroatoms. The second-order valence-electron chi connectivity index (χ2n) is 6.91. The van der Waals surface area contributed by atoms with Crippen molar-refractivity contribution in [2.24, 2.45) is 4.99 Å². The third-order valence-electron chi connectivity index (χ3n) is 4.83. The van der Waals surface area contributed by atoms with E-state index in [0.717, 1.165) is 16.8 Å². The van der Waals surface area contributed by atoms with E-state index in [2.05, 4.69) is 27.0 Å². The maximum Gasteiger partial charge on any atom is 0.229 e. The molecule has 0 aliphatic heterocycles. The summed E-state index contributed by atoms with van der Waals surface area (Å²) in [6.07, 6.45) is 3.46. The van der Waals surface area contributed by atoms with Crippen LogP contribution in [0.25, 0.3) is 11.6 Å². The van der Waals surface area contributed by atoms with Crippen molar-refractivity contribution in [2.45, 2.75) is 13.8 Å². The van der Waals surface area contributed by atoms with Gasteiger partial charge in [-0.05, 0) is 43.8 Å². The highest BCUT2D eigenvalue weighted by Gasteiger charge is 2.19. The van der Waals surface area contributed by atoms with E-state index in [-0.39, 0.29) is 0 Å². The summed E-state index contributed by atoms with van der Waals surface area (Å²) in [5.41, 5.74) is 10.3. The first-order valence-corrected chi connectivity index (χ1v) is 10.3. The quantitative estimate of drug-likeness (QED) is 0.308. The number of benzene rings is 2. The highest BCUT2D eigenvalue weighted by molar-refractivity contribution is 6.39. The molecule has 0 fully saturated rings. The smallest absolute Gasteiger partial charge is 0.229 e. The maximum absolute atomic E-state index is 6.53. The van der Waals surface area contributed by atoms with Gasteiger partial charge in [0.2, 0.25) is 5.95 Å². The van der Waals surface area contributed by atoms with Gasteiger partial charge in [-0.15, -0.1) is 0 Å². The van der Waals surface area contributed by atoms with Gasteiger partial charge in [0.25, 0.3) is 0 Å². The molecule has 0 aliphatic carbocycles. The first-order chi connectivity index (χ1) is 15.3. The molecule has 0 saturated heterocycles. The normalized spacial score (nSPS) is 11.2. The number of hydrogen-bond acceptors (Lipinski definition) is 7. The van der Waals surface area contributed by atoms with Crippen molar-refractivity contribution in [1.82, 2.24) is 9.97 Å². The van der Waals surface area contributed by atoms with Crippen LogP contribution in [-0.4, -0.2) is 30.9 Å². The second kappa shape index (κ2) is 9.89. The Hall–Kier alpha value is -3.29. The molecule has 3 aromatic rings. The number of para-hydroxylation sites is 1. The lowest BCUT2D eigenvalue weighted by molar-refractivity contribution is 0.394. The van der Waals surface area contributed by atoms with E-state index in [9.17, 15) is 0 Å². The first-order valence-electron chi connectivity index (χ1n) is 9.55. The number of nitrogens with one attached hydrogen (secondary N) is 1. The van der Waals surface area contributed by atoms with Crippen LogP contribution in [-0.2, 0) is 0 Å². The van der Waals surface area contributed by atoms with E-state index in [1.165, 1.54) is 14.2 Å². The number of aromatic nitrogens is 2. The molecule has 0 saturated carbocycles. The molecular weight excluding hydrogens is 449 g/mol. The van der Waals surface area contributed by atoms with Crippen LogP contribution in [0.2, 0.25) is 10.0 Å². The molecular formula is C23H23Cl2N5O2. The van der Waals surface area contributed by atoms with Gasteiger partial charge < -0.3 is 20.5 Å². The number of aliphatic imine (C=N–C) groups is 1. The second-order valence-corrected chi connectivity index (χ2v) is 7.66. The van der Waals surface area contributed by atoms with E-state index in [1.807, 2.05) is 32.1 Å². The predicted octanol–water partition coefficient (Wildman–Crippen LogP) is 6.33. The van der Waals surface area contributed by atoms with Gasteiger partial charge in [0.1, 0.15) is 11.5 Å². The van der Waals surface area contributed by atoms with Gasteiger partial charge in [0.15, 0.2) is 5.82 Å². The highest BCUT2D eigenvalue weighted by atomic mass is 35.5. The minimum Gasteiger partial charge on any atom is -0.495 e. The van der Waals surface area contributed by atoms with Crippen LogP contribution in [0.4, 0.5) is 23.1 Å². The predicted molar refractivity (Wildman–Crippen MR) is 133 cm³/mol. The molecule has 0 aliphatic rings. The zero-order chi connectivity index (χ0) is 23.4. The number of aryl methyl sites for hydroxylation is 1. The van der Waals surface area contributed by atoms with E-state index < -0.39 is 0 Å². The van der Waals surface area contributed by atoms with Gasteiger partial charge in [0.05, 0.1) is 35.6 Å². The SMILES string of the molecule is C=Nc1nc(Nc2c(C)cccc2N)ncc1/C=C(\C)c1c(Cl)c(OC)cc(OC)c1Cl. The molecule has 0 radical (unpaired) electrons. The number of anilines is 3. The Balaban J connectivity index is 2.03. The molecule has 1 heterocycles. The summed E-state index contributed by atoms with van der Waals surface area (Å²) in [7, 11) is 3.05. The van der Waals surface area contributed by atoms with Gasteiger partial charge in [0, 0.05) is 23.4 Å². The molecule has 166 valence electrons. The molecule has 32 heavy (non-hydrogen) atoms. The third kappa shape index (κ3) is 4.64. The summed E-state index contributed by atoms with van der Waals surface area (Å²) >= 11 is 13.1. The molecule has 0 unspecified atom stereocenters. The molecule has 0 amide bonds. The average Bonchev–Trinajstić information content (AvgIpc) is 2.77. The largest absolute Gasteiger partial charge is 0.495 e. The Morgan fingerprint density at radius 3 is 2.41 bits per heavy atom. The van der Waals surface area contributed by atoms with Gasteiger partial charge in [-0.25, -0.2) is 9.98 Å². The Kier molecular flexibility index (Phi) is 7.22. The fraction of sp³-hybridized carbons (Fsp3) is 0.174. The van der Waals surface area contributed by atoms with E-state index >= 15 is 0 Å². The Morgan fingerprint density at radius 2 is 1.84 bits per heavy atom. The molecule has 0 spiro atoms. The van der Waals surface area contributed by atoms with E-state index in [4.69, 9.17) is 38.4 Å². The summed E-state index contributed by atoms with van der Waals surface area (Å²) in [6.45, 7) is 7.44. The van der Waals surface area contributed by atoms with Gasteiger partial charge in [-0.2, -0.15) is 4.98 Å². The van der Waals surface area contributed by atoms with Crippen LogP contribution >= 0.6 is 23.2 Å². The van der Waals surface area contributed by atoms with Gasteiger partial charge in [-0.1, -0.05) is 35.3 Å². The van der Waals surface area contributed by atoms with Gasteiger partial charge in [-0.3, -0.25) is 0 Å². The van der Waals surface area contributed by atoms with Crippen molar-refractivity contribution in [3.05, 3.63) is 57.2 Å². The number of rotatable bonds is 7. The van der Waals surface area contributed by atoms with Crippen LogP contribution in [0.5, 0.6) is 11.5 Å². The van der Waals surface area contributed by atoms with Crippen molar-refractivity contribution in [2.75, 3.05) is 25.3 Å². The standard InChI is InChI=1S/C23H23Cl2N5O2/c1-12-7-6-8-15(26)21(12)29-23-28-11-14(22(27-3)30-23)9-13(2)18-19(24)16(31-4)10-17(32-5)20(18)25/h6-11H,3,26H2,1-2,4-5H3,(H,28,29,30)/b13-9+. The number of allylic oxidation sites excluding steroid dienone is 1. The van der Waals surface area contributed by atoms with Crippen molar-refractivity contribution in [1.29, 1.82) is 0 Å². The number of methoxy groups -OCH3 is 2. The average molecular weight is 472 g/mol. The van der Waals surface area contributed by atoms with Crippen LogP contribution < -0.4 is 20.5 Å². The fourth-order valence-electron chi connectivity index (χ4n) is 3.18. The number of nitrogen functional groups attached to an aromatic ring is 1. The summed E-state index contributed by atoms with van der Waals surface area (Å²) in [6, 6.07) is 7.27. The topological polar surface area (TPSA) is 94.7 Å². The fourth-order valence-corrected chi connectivity index (χ4v) is 3.98. The van der Waals surface area contributed by atoms with Gasteiger partial charge >= 0.3 is 0 Å². The number of hydrogen-bond donors (Lipinski definition) is 2. The van der Waals surface area contributed by atoms with Crippen LogP contribution in [0, 0.1) is 6.92 Å². The number of ether oxygens (including phenoxy) is 2. The zero-order valence-corrected chi connectivity index (χ0v) is 19.7. The molecule has 0 bridgehead atoms. The Labute approximate surface area is 196 Å². The van der Waals surface area contributed by atoms with E-state index in [1.54, 1.807) is 18.3 Å². The van der Waals surface area contributed by atoms with Crippen molar-refractivity contribution < 1.29 is 9.47 Å². The first kappa shape index (κ1) is 23.4. The number of nitrogens with zero attached hydrogens (tertiary/aromatic N) is 3. The number of nitrogens with two attached hydrogens (primary N) is 1. The molecule has 1 aromatic heterocycles. The van der Waals surface area contributed by atoms with Crippen LogP contribution in [0.1, 0.15) is 23.6 Å². The summed E-state index contributed by atoms with van der Waals surface area (Å²) in [5, 5.41) is 3.88. The number of halogens is 2. The monoisotopic (exact) mass is 471 g/mol. The summed E-state index contributed by atoms with van der Waals surface area (Å²) in [5.74, 6) is 1.63. The maximum atomic E-state index is 6.53. The summed E-state index contributed by atoms with van der Waals surface area (Å²) < 4.78 is 10.7. The molecule has 0 atom stereocenters. The third-order valence-corrected chi connectivity index (χ3v) is 5.58. The van der Waals surface area contributed by atoms with Crippen molar-refractivity contribution in [3.63, 3.8) is 0 Å².